The van der Waals surface area contributed by atoms with Crippen LogP contribution in [-0.2, 0) is 10.0 Å². The molecule has 1 N–H and O–H groups in total. The van der Waals surface area contributed by atoms with Crippen LogP contribution in [0.4, 0.5) is 11.5 Å². The molecule has 2 rings (SSSR count). The summed E-state index contributed by atoms with van der Waals surface area (Å²) in [6, 6.07) is 5.84. The SMILES string of the molecule is COc1nsnc1NS(=O)(=O)c1ccc(N=C=S)cc1. The van der Waals surface area contributed by atoms with E-state index in [1.54, 1.807) is 0 Å². The van der Waals surface area contributed by atoms with Crippen LogP contribution in [0.3, 0.4) is 0 Å². The second-order valence-electron chi connectivity index (χ2n) is 3.42. The summed E-state index contributed by atoms with van der Waals surface area (Å²) in [5.74, 6) is 0.180. The van der Waals surface area contributed by atoms with Crippen molar-refractivity contribution in [1.82, 2.24) is 8.75 Å². The Morgan fingerprint density at radius 2 is 2.05 bits per heavy atom. The highest BCUT2D eigenvalue weighted by Crippen LogP contribution is 2.24. The summed E-state index contributed by atoms with van der Waals surface area (Å²) in [7, 11) is -2.38. The Hall–Kier alpha value is -1.87. The molecule has 1 heterocycles. The number of rotatable bonds is 5. The maximum Gasteiger partial charge on any atom is 0.271 e. The van der Waals surface area contributed by atoms with Gasteiger partial charge in [0.05, 0.1) is 34.6 Å². The van der Waals surface area contributed by atoms with E-state index in [-0.39, 0.29) is 16.6 Å². The fourth-order valence-corrected chi connectivity index (χ4v) is 2.96. The maximum atomic E-state index is 12.1. The summed E-state index contributed by atoms with van der Waals surface area (Å²) in [5, 5.41) is 2.20. The van der Waals surface area contributed by atoms with Crippen molar-refractivity contribution in [2.24, 2.45) is 4.99 Å². The molecule has 0 bridgehead atoms. The van der Waals surface area contributed by atoms with Gasteiger partial charge in [0.2, 0.25) is 5.82 Å². The molecule has 0 aliphatic rings. The lowest BCUT2D eigenvalue weighted by Crippen LogP contribution is -2.13. The van der Waals surface area contributed by atoms with Crippen LogP contribution in [0, 0.1) is 0 Å². The predicted molar refractivity (Wildman–Crippen MR) is 78.4 cm³/mol. The van der Waals surface area contributed by atoms with Crippen LogP contribution in [0.1, 0.15) is 0 Å². The number of hydrogen-bond acceptors (Lipinski definition) is 8. The molecular weight excluding hydrogens is 320 g/mol. The minimum Gasteiger partial charge on any atom is -0.478 e. The fourth-order valence-electron chi connectivity index (χ4n) is 1.32. The van der Waals surface area contributed by atoms with Crippen molar-refractivity contribution in [2.75, 3.05) is 11.8 Å². The molecule has 0 unspecified atom stereocenters. The van der Waals surface area contributed by atoms with Crippen molar-refractivity contribution in [2.45, 2.75) is 4.90 Å². The van der Waals surface area contributed by atoms with Crippen molar-refractivity contribution in [1.29, 1.82) is 0 Å². The molecule has 10 heteroatoms. The first-order valence-electron chi connectivity index (χ1n) is 5.14. The Morgan fingerprint density at radius 3 is 2.65 bits per heavy atom. The molecule has 0 saturated heterocycles. The Labute approximate surface area is 124 Å². The van der Waals surface area contributed by atoms with E-state index >= 15 is 0 Å². The van der Waals surface area contributed by atoms with Gasteiger partial charge in [-0.3, -0.25) is 4.72 Å². The van der Waals surface area contributed by atoms with Gasteiger partial charge in [-0.05, 0) is 36.5 Å². The minimum absolute atomic E-state index is 0.0542. The number of anilines is 1. The summed E-state index contributed by atoms with van der Waals surface area (Å²) in [4.78, 5) is 3.81. The highest BCUT2D eigenvalue weighted by atomic mass is 32.2. The number of aromatic nitrogens is 2. The number of sulfonamides is 1. The molecule has 104 valence electrons. The standard InChI is InChI=1S/C10H8N4O3S3/c1-17-10-9(12-19-13-10)14-20(15,16)8-4-2-7(3-5-8)11-6-18/h2-5H,1H3,(H,12,14). The number of nitrogens with zero attached hydrogens (tertiary/aromatic N) is 3. The summed E-state index contributed by atoms with van der Waals surface area (Å²) in [6.07, 6.45) is 0. The van der Waals surface area contributed by atoms with Gasteiger partial charge in [0, 0.05) is 0 Å². The first kappa shape index (κ1) is 14.5. The molecule has 0 atom stereocenters. The summed E-state index contributed by atoms with van der Waals surface area (Å²) >= 11 is 5.32. The predicted octanol–water partition coefficient (Wildman–Crippen LogP) is 2.08. The molecule has 0 amide bonds. The van der Waals surface area contributed by atoms with E-state index in [0.717, 1.165) is 11.7 Å². The van der Waals surface area contributed by atoms with Crippen molar-refractivity contribution in [3.05, 3.63) is 24.3 Å². The van der Waals surface area contributed by atoms with Crippen molar-refractivity contribution >= 4 is 50.6 Å². The fraction of sp³-hybridized carbons (Fsp3) is 0.100. The van der Waals surface area contributed by atoms with Crippen LogP contribution in [0.15, 0.2) is 34.2 Å². The summed E-state index contributed by atoms with van der Waals surface area (Å²) < 4.78 is 39.1. The lowest BCUT2D eigenvalue weighted by molar-refractivity contribution is 0.404. The molecule has 2 aromatic rings. The molecule has 1 aromatic carbocycles. The van der Waals surface area contributed by atoms with E-state index in [9.17, 15) is 8.42 Å². The van der Waals surface area contributed by atoms with Crippen LogP contribution in [0.25, 0.3) is 0 Å². The number of isothiocyanates is 1. The Kier molecular flexibility index (Phi) is 4.40. The number of methoxy groups -OCH3 is 1. The first-order valence-corrected chi connectivity index (χ1v) is 7.76. The largest absolute Gasteiger partial charge is 0.478 e. The van der Waals surface area contributed by atoms with Gasteiger partial charge in [0.1, 0.15) is 0 Å². The zero-order valence-electron chi connectivity index (χ0n) is 10.1. The van der Waals surface area contributed by atoms with E-state index < -0.39 is 10.0 Å². The van der Waals surface area contributed by atoms with E-state index in [1.807, 2.05) is 0 Å². The van der Waals surface area contributed by atoms with Crippen molar-refractivity contribution < 1.29 is 13.2 Å². The van der Waals surface area contributed by atoms with Crippen LogP contribution in [0.5, 0.6) is 5.88 Å². The summed E-state index contributed by atoms with van der Waals surface area (Å²) in [5.41, 5.74) is 0.520. The third-order valence-corrected chi connectivity index (χ3v) is 4.16. The first-order chi connectivity index (χ1) is 9.56. The van der Waals surface area contributed by atoms with Gasteiger partial charge >= 0.3 is 0 Å². The number of aliphatic imine (C=N–C) groups is 1. The van der Waals surface area contributed by atoms with Gasteiger partial charge in [0.25, 0.3) is 15.9 Å². The number of hydrogen-bond donors (Lipinski definition) is 1. The Balaban J connectivity index is 2.28. The van der Waals surface area contributed by atoms with Gasteiger partial charge in [-0.1, -0.05) is 0 Å². The second-order valence-corrected chi connectivity index (χ2v) is 5.82. The molecule has 7 nitrogen and oxygen atoms in total. The van der Waals surface area contributed by atoms with Crippen molar-refractivity contribution in [3.63, 3.8) is 0 Å². The third kappa shape index (κ3) is 3.17. The molecule has 1 aromatic heterocycles. The molecule has 0 spiro atoms. The molecule has 0 saturated carbocycles. The lowest BCUT2D eigenvalue weighted by Gasteiger charge is -2.06. The highest BCUT2D eigenvalue weighted by molar-refractivity contribution is 7.92. The minimum atomic E-state index is -3.76. The normalized spacial score (nSPS) is 10.7. The topological polar surface area (TPSA) is 93.5 Å². The average molecular weight is 328 g/mol. The van der Waals surface area contributed by atoms with Gasteiger partial charge in [-0.25, -0.2) is 8.42 Å². The van der Waals surface area contributed by atoms with E-state index in [1.165, 1.54) is 31.4 Å². The summed E-state index contributed by atoms with van der Waals surface area (Å²) in [6.45, 7) is 0. The number of thiocarbonyl (C=S) groups is 1. The second kappa shape index (κ2) is 6.06. The van der Waals surface area contributed by atoms with Gasteiger partial charge in [-0.15, -0.1) is 4.37 Å². The van der Waals surface area contributed by atoms with Gasteiger partial charge in [0.15, 0.2) is 0 Å². The lowest BCUT2D eigenvalue weighted by atomic mass is 10.3. The van der Waals surface area contributed by atoms with E-state index in [0.29, 0.717) is 5.69 Å². The molecule has 0 radical (unpaired) electrons. The average Bonchev–Trinajstić information content (AvgIpc) is 2.86. The quantitative estimate of drug-likeness (QED) is 0.667. The van der Waals surface area contributed by atoms with Crippen LogP contribution in [-0.4, -0.2) is 29.4 Å². The Bertz CT molecular complexity index is 748. The molecule has 0 aliphatic heterocycles. The van der Waals surface area contributed by atoms with Crippen LogP contribution < -0.4 is 9.46 Å². The van der Waals surface area contributed by atoms with Gasteiger partial charge in [-0.2, -0.15) is 9.37 Å². The number of benzene rings is 1. The zero-order valence-corrected chi connectivity index (χ0v) is 12.6. The molecule has 20 heavy (non-hydrogen) atoms. The molecule has 0 fully saturated rings. The molecular formula is C10H8N4O3S3. The molecule has 0 aliphatic carbocycles. The zero-order chi connectivity index (χ0) is 14.6. The Morgan fingerprint density at radius 1 is 1.35 bits per heavy atom. The van der Waals surface area contributed by atoms with Crippen molar-refractivity contribution in [3.8, 4) is 5.88 Å². The maximum absolute atomic E-state index is 12.1. The third-order valence-electron chi connectivity index (χ3n) is 2.20. The van der Waals surface area contributed by atoms with E-state index in [4.69, 9.17) is 4.74 Å². The van der Waals surface area contributed by atoms with E-state index in [2.05, 4.69) is 35.8 Å². The van der Waals surface area contributed by atoms with Crippen LogP contribution in [0.2, 0.25) is 0 Å². The number of ether oxygens (including phenoxy) is 1. The smallest absolute Gasteiger partial charge is 0.271 e. The van der Waals surface area contributed by atoms with Crippen LogP contribution >= 0.6 is 23.9 Å². The monoisotopic (exact) mass is 328 g/mol. The van der Waals surface area contributed by atoms with Gasteiger partial charge < -0.3 is 4.74 Å². The highest BCUT2D eigenvalue weighted by Gasteiger charge is 2.19. The number of nitrogens with one attached hydrogen (secondary N) is 1.